The van der Waals surface area contributed by atoms with Gasteiger partial charge in [0, 0.05) is 24.6 Å². The summed E-state index contributed by atoms with van der Waals surface area (Å²) in [6, 6.07) is 5.56. The number of hydrogen-bond donors (Lipinski definition) is 0. The second kappa shape index (κ2) is 6.24. The Morgan fingerprint density at radius 1 is 1.38 bits per heavy atom. The van der Waals surface area contributed by atoms with Crippen molar-refractivity contribution in [2.75, 3.05) is 19.7 Å². The molecule has 1 aromatic rings. The zero-order chi connectivity index (χ0) is 15.6. The molecule has 0 N–H and O–H groups in total. The Balaban J connectivity index is 1.97. The Hall–Kier alpha value is -1.91. The summed E-state index contributed by atoms with van der Waals surface area (Å²) in [5.41, 5.74) is 2.63. The predicted octanol–water partition coefficient (Wildman–Crippen LogP) is 2.28. The standard InChI is InChI=1S/C16H20FNO3/c1-4-21-16(20)14(17)12-8-18(9-12)15(19)13-7-5-6-10(2)11(13)3/h5-7,12,14H,4,8-9H2,1-3H3. The van der Waals surface area contributed by atoms with Crippen LogP contribution in [-0.2, 0) is 9.53 Å². The van der Waals surface area contributed by atoms with Gasteiger partial charge in [0.25, 0.3) is 5.91 Å². The molecule has 1 amide bonds. The summed E-state index contributed by atoms with van der Waals surface area (Å²) in [6.45, 7) is 6.16. The first-order valence-electron chi connectivity index (χ1n) is 7.11. The lowest BCUT2D eigenvalue weighted by Gasteiger charge is -2.40. The highest BCUT2D eigenvalue weighted by molar-refractivity contribution is 5.96. The first-order valence-corrected chi connectivity index (χ1v) is 7.11. The van der Waals surface area contributed by atoms with Gasteiger partial charge in [-0.25, -0.2) is 9.18 Å². The second-order valence-electron chi connectivity index (χ2n) is 5.37. The maximum atomic E-state index is 13.8. The molecule has 1 fully saturated rings. The van der Waals surface area contributed by atoms with Gasteiger partial charge in [0.1, 0.15) is 0 Å². The smallest absolute Gasteiger partial charge is 0.341 e. The van der Waals surface area contributed by atoms with Gasteiger partial charge in [-0.1, -0.05) is 12.1 Å². The fourth-order valence-corrected chi connectivity index (χ4v) is 2.43. The Labute approximate surface area is 123 Å². The van der Waals surface area contributed by atoms with Crippen LogP contribution < -0.4 is 0 Å². The van der Waals surface area contributed by atoms with E-state index in [-0.39, 0.29) is 25.6 Å². The molecule has 0 spiro atoms. The number of rotatable bonds is 4. The number of ether oxygens (including phenoxy) is 1. The largest absolute Gasteiger partial charge is 0.464 e. The molecule has 1 aromatic carbocycles. The number of hydrogen-bond acceptors (Lipinski definition) is 3. The van der Waals surface area contributed by atoms with Gasteiger partial charge in [0.2, 0.25) is 6.17 Å². The fourth-order valence-electron chi connectivity index (χ4n) is 2.43. The van der Waals surface area contributed by atoms with Crippen LogP contribution in [0.5, 0.6) is 0 Å². The highest BCUT2D eigenvalue weighted by Gasteiger charge is 2.41. The maximum Gasteiger partial charge on any atom is 0.341 e. The first kappa shape index (κ1) is 15.5. The van der Waals surface area contributed by atoms with Gasteiger partial charge in [-0.2, -0.15) is 0 Å². The van der Waals surface area contributed by atoms with Gasteiger partial charge in [-0.05, 0) is 38.0 Å². The molecule has 5 heteroatoms. The third-order valence-electron chi connectivity index (χ3n) is 3.96. The monoisotopic (exact) mass is 293 g/mol. The van der Waals surface area contributed by atoms with Crippen molar-refractivity contribution in [3.8, 4) is 0 Å². The number of likely N-dealkylation sites (tertiary alicyclic amines) is 1. The molecule has 0 radical (unpaired) electrons. The zero-order valence-corrected chi connectivity index (χ0v) is 12.6. The van der Waals surface area contributed by atoms with Gasteiger partial charge < -0.3 is 9.64 Å². The lowest BCUT2D eigenvalue weighted by Crippen LogP contribution is -2.55. The molecular formula is C16H20FNO3. The van der Waals surface area contributed by atoms with E-state index in [0.717, 1.165) is 11.1 Å². The maximum absolute atomic E-state index is 13.8. The highest BCUT2D eigenvalue weighted by atomic mass is 19.1. The van der Waals surface area contributed by atoms with E-state index in [1.54, 1.807) is 17.9 Å². The van der Waals surface area contributed by atoms with Crippen molar-refractivity contribution < 1.29 is 18.7 Å². The summed E-state index contributed by atoms with van der Waals surface area (Å²) in [6.07, 6.45) is -1.65. The van der Waals surface area contributed by atoms with Crippen LogP contribution in [0.2, 0.25) is 0 Å². The van der Waals surface area contributed by atoms with Gasteiger partial charge in [0.05, 0.1) is 6.61 Å². The van der Waals surface area contributed by atoms with E-state index in [1.165, 1.54) is 0 Å². The number of alkyl halides is 1. The second-order valence-corrected chi connectivity index (χ2v) is 5.37. The summed E-state index contributed by atoms with van der Waals surface area (Å²) in [5, 5.41) is 0. The number of aryl methyl sites for hydroxylation is 1. The van der Waals surface area contributed by atoms with E-state index >= 15 is 0 Å². The molecule has 1 saturated heterocycles. The van der Waals surface area contributed by atoms with Gasteiger partial charge >= 0.3 is 5.97 Å². The van der Waals surface area contributed by atoms with Crippen molar-refractivity contribution in [2.45, 2.75) is 26.9 Å². The summed E-state index contributed by atoms with van der Waals surface area (Å²) >= 11 is 0. The van der Waals surface area contributed by atoms with E-state index in [1.807, 2.05) is 26.0 Å². The molecule has 1 aliphatic heterocycles. The zero-order valence-electron chi connectivity index (χ0n) is 12.6. The third kappa shape index (κ3) is 3.06. The van der Waals surface area contributed by atoms with Crippen molar-refractivity contribution in [3.05, 3.63) is 34.9 Å². The summed E-state index contributed by atoms with van der Waals surface area (Å²) in [4.78, 5) is 25.2. The molecule has 1 heterocycles. The number of benzene rings is 1. The minimum atomic E-state index is -1.65. The van der Waals surface area contributed by atoms with Crippen LogP contribution in [0.4, 0.5) is 4.39 Å². The minimum absolute atomic E-state index is 0.108. The van der Waals surface area contributed by atoms with Gasteiger partial charge in [-0.15, -0.1) is 0 Å². The molecule has 0 saturated carbocycles. The Morgan fingerprint density at radius 3 is 2.67 bits per heavy atom. The average Bonchev–Trinajstić information content (AvgIpc) is 2.40. The molecule has 1 aliphatic rings. The number of nitrogens with zero attached hydrogens (tertiary/aromatic N) is 1. The molecule has 2 rings (SSSR count). The third-order valence-corrected chi connectivity index (χ3v) is 3.96. The van der Waals surface area contributed by atoms with Crippen LogP contribution in [0.1, 0.15) is 28.4 Å². The fraction of sp³-hybridized carbons (Fsp3) is 0.500. The van der Waals surface area contributed by atoms with E-state index in [2.05, 4.69) is 4.74 Å². The first-order chi connectivity index (χ1) is 9.95. The van der Waals surface area contributed by atoms with Crippen molar-refractivity contribution in [2.24, 2.45) is 5.92 Å². The summed E-state index contributed by atoms with van der Waals surface area (Å²) in [5.74, 6) is -1.40. The van der Waals surface area contributed by atoms with E-state index in [9.17, 15) is 14.0 Å². The van der Waals surface area contributed by atoms with Gasteiger partial charge in [-0.3, -0.25) is 4.79 Å². The molecule has 4 nitrogen and oxygen atoms in total. The number of halogens is 1. The van der Waals surface area contributed by atoms with E-state index < -0.39 is 18.1 Å². The van der Waals surface area contributed by atoms with Crippen molar-refractivity contribution in [1.82, 2.24) is 4.90 Å². The molecular weight excluding hydrogens is 273 g/mol. The minimum Gasteiger partial charge on any atom is -0.464 e. The van der Waals surface area contributed by atoms with Crippen molar-refractivity contribution in [3.63, 3.8) is 0 Å². The molecule has 114 valence electrons. The van der Waals surface area contributed by atoms with Crippen molar-refractivity contribution in [1.29, 1.82) is 0 Å². The van der Waals surface area contributed by atoms with Crippen LogP contribution in [0, 0.1) is 19.8 Å². The van der Waals surface area contributed by atoms with Crippen LogP contribution in [-0.4, -0.2) is 42.6 Å². The Kier molecular flexibility index (Phi) is 4.60. The van der Waals surface area contributed by atoms with Gasteiger partial charge in [0.15, 0.2) is 0 Å². The molecule has 1 unspecified atom stereocenters. The molecule has 1 atom stereocenters. The van der Waals surface area contributed by atoms with E-state index in [4.69, 9.17) is 0 Å². The quantitative estimate of drug-likeness (QED) is 0.800. The lowest BCUT2D eigenvalue weighted by atomic mass is 9.92. The van der Waals surface area contributed by atoms with Crippen LogP contribution in [0.25, 0.3) is 0 Å². The number of carbonyl (C=O) groups is 2. The highest BCUT2D eigenvalue weighted by Crippen LogP contribution is 2.25. The molecule has 0 aliphatic carbocycles. The normalized spacial score (nSPS) is 16.3. The van der Waals surface area contributed by atoms with Crippen LogP contribution in [0.3, 0.4) is 0 Å². The number of esters is 1. The summed E-state index contributed by atoms with van der Waals surface area (Å²) < 4.78 is 18.5. The predicted molar refractivity (Wildman–Crippen MR) is 76.8 cm³/mol. The van der Waals surface area contributed by atoms with E-state index in [0.29, 0.717) is 5.56 Å². The van der Waals surface area contributed by atoms with Crippen LogP contribution >= 0.6 is 0 Å². The SMILES string of the molecule is CCOC(=O)C(F)C1CN(C(=O)c2cccc(C)c2C)C1. The average molecular weight is 293 g/mol. The summed E-state index contributed by atoms with van der Waals surface area (Å²) in [7, 11) is 0. The Morgan fingerprint density at radius 2 is 2.05 bits per heavy atom. The molecule has 0 aromatic heterocycles. The number of carbonyl (C=O) groups excluding carboxylic acids is 2. The topological polar surface area (TPSA) is 46.6 Å². The van der Waals surface area contributed by atoms with Crippen molar-refractivity contribution >= 4 is 11.9 Å². The lowest BCUT2D eigenvalue weighted by molar-refractivity contribution is -0.153. The molecule has 0 bridgehead atoms. The molecule has 21 heavy (non-hydrogen) atoms. The number of amides is 1. The Bertz CT molecular complexity index is 552. The van der Waals surface area contributed by atoms with Crippen LogP contribution in [0.15, 0.2) is 18.2 Å².